The minimum Gasteiger partial charge on any atom is -0.361 e. The van der Waals surface area contributed by atoms with Gasteiger partial charge in [-0.05, 0) is 50.1 Å². The van der Waals surface area contributed by atoms with Crippen LogP contribution in [-0.2, 0) is 17.0 Å². The second-order valence-corrected chi connectivity index (χ2v) is 9.00. The van der Waals surface area contributed by atoms with Gasteiger partial charge in [-0.25, -0.2) is 4.98 Å². The average molecular weight is 438 g/mol. The second-order valence-electron chi connectivity index (χ2n) is 7.01. The zero-order chi connectivity index (χ0) is 21.1. The summed E-state index contributed by atoms with van der Waals surface area (Å²) >= 11 is 3.10. The number of carbonyl (C=O) groups is 1. The van der Waals surface area contributed by atoms with Gasteiger partial charge in [-0.2, -0.15) is 0 Å². The van der Waals surface area contributed by atoms with Gasteiger partial charge in [-0.3, -0.25) is 9.69 Å². The largest absolute Gasteiger partial charge is 0.361 e. The molecule has 0 unspecified atom stereocenters. The van der Waals surface area contributed by atoms with Gasteiger partial charge in [0.05, 0.1) is 27.4 Å². The van der Waals surface area contributed by atoms with Crippen LogP contribution >= 0.6 is 23.1 Å². The number of rotatable bonds is 7. The van der Waals surface area contributed by atoms with Crippen LogP contribution in [0.15, 0.2) is 53.1 Å². The molecule has 1 amide bonds. The van der Waals surface area contributed by atoms with Gasteiger partial charge < -0.3 is 4.52 Å². The monoisotopic (exact) mass is 437 g/mol. The lowest BCUT2D eigenvalue weighted by Gasteiger charge is -2.20. The molecule has 2 heterocycles. The van der Waals surface area contributed by atoms with Crippen molar-refractivity contribution in [3.63, 3.8) is 0 Å². The molecule has 0 bridgehead atoms. The number of hydrogen-bond acceptors (Lipinski definition) is 6. The number of aromatic nitrogens is 2. The average Bonchev–Trinajstić information content (AvgIpc) is 3.32. The number of nitrogens with zero attached hydrogens (tertiary/aromatic N) is 3. The van der Waals surface area contributed by atoms with Crippen molar-refractivity contribution < 1.29 is 9.32 Å². The second kappa shape index (κ2) is 9.02. The fourth-order valence-electron chi connectivity index (χ4n) is 3.21. The number of aryl methyl sites for hydroxylation is 3. The summed E-state index contributed by atoms with van der Waals surface area (Å²) in [5.74, 6) is 1.85. The first-order valence-corrected chi connectivity index (χ1v) is 11.8. The highest BCUT2D eigenvalue weighted by molar-refractivity contribution is 7.99. The van der Waals surface area contributed by atoms with Crippen LogP contribution in [0.4, 0.5) is 10.8 Å². The Labute approximate surface area is 184 Å². The quantitative estimate of drug-likeness (QED) is 0.352. The lowest BCUT2D eigenvalue weighted by molar-refractivity contribution is -0.115. The van der Waals surface area contributed by atoms with Crippen LogP contribution in [0, 0.1) is 13.8 Å². The normalized spacial score (nSPS) is 11.2. The van der Waals surface area contributed by atoms with Crippen LogP contribution in [0.25, 0.3) is 10.2 Å². The van der Waals surface area contributed by atoms with Crippen molar-refractivity contribution >= 4 is 50.0 Å². The molecule has 0 spiro atoms. The van der Waals surface area contributed by atoms with Crippen molar-refractivity contribution in [2.45, 2.75) is 32.9 Å². The predicted molar refractivity (Wildman–Crippen MR) is 125 cm³/mol. The number of fused-ring (bicyclic) bond motifs is 1. The summed E-state index contributed by atoms with van der Waals surface area (Å²) in [4.78, 5) is 19.8. The van der Waals surface area contributed by atoms with Crippen molar-refractivity contribution in [1.82, 2.24) is 10.1 Å². The van der Waals surface area contributed by atoms with E-state index >= 15 is 0 Å². The van der Waals surface area contributed by atoms with Crippen molar-refractivity contribution in [1.29, 1.82) is 0 Å². The van der Waals surface area contributed by atoms with E-state index in [2.05, 4.69) is 24.2 Å². The molecule has 5 nitrogen and oxygen atoms in total. The van der Waals surface area contributed by atoms with E-state index < -0.39 is 0 Å². The van der Waals surface area contributed by atoms with E-state index in [1.165, 1.54) is 16.9 Å². The maximum Gasteiger partial charge on any atom is 0.243 e. The van der Waals surface area contributed by atoms with Gasteiger partial charge in [-0.15, -0.1) is 11.8 Å². The molecule has 0 N–H and O–H groups in total. The van der Waals surface area contributed by atoms with E-state index in [1.54, 1.807) is 16.7 Å². The zero-order valence-electron chi connectivity index (χ0n) is 17.2. The van der Waals surface area contributed by atoms with E-state index in [9.17, 15) is 4.79 Å². The number of thioether (sulfide) groups is 1. The van der Waals surface area contributed by atoms with Gasteiger partial charge in [0.25, 0.3) is 0 Å². The summed E-state index contributed by atoms with van der Waals surface area (Å²) in [6, 6.07) is 16.1. The van der Waals surface area contributed by atoms with Crippen LogP contribution in [-0.4, -0.2) is 21.8 Å². The summed E-state index contributed by atoms with van der Waals surface area (Å²) in [6.45, 7) is 5.95. The standard InChI is InChI=1S/C23H23N3O2S2/c1-4-17-9-11-18(12-10-17)26(23-24-20-7-5-6-8-21(20)30-23)22(27)14-29-13-19-15(2)25-28-16(19)3/h5-12H,4,13-14H2,1-3H3. The number of benzene rings is 2. The molecule has 0 aliphatic heterocycles. The molecular weight excluding hydrogens is 414 g/mol. The first kappa shape index (κ1) is 20.6. The SMILES string of the molecule is CCc1ccc(N(C(=O)CSCc2c(C)noc2C)c2nc3ccccc3s2)cc1. The zero-order valence-corrected chi connectivity index (χ0v) is 18.8. The molecule has 0 aliphatic carbocycles. The Kier molecular flexibility index (Phi) is 6.20. The maximum atomic E-state index is 13.3. The van der Waals surface area contributed by atoms with E-state index in [4.69, 9.17) is 9.51 Å². The Hall–Kier alpha value is -2.64. The first-order valence-electron chi connectivity index (χ1n) is 9.83. The van der Waals surface area contributed by atoms with E-state index in [0.717, 1.165) is 39.3 Å². The molecule has 0 saturated heterocycles. The van der Waals surface area contributed by atoms with Gasteiger partial charge in [0, 0.05) is 11.3 Å². The molecule has 0 fully saturated rings. The molecule has 2 aromatic carbocycles. The molecule has 154 valence electrons. The number of hydrogen-bond donors (Lipinski definition) is 0. The third-order valence-electron chi connectivity index (χ3n) is 4.98. The van der Waals surface area contributed by atoms with Gasteiger partial charge >= 0.3 is 0 Å². The highest BCUT2D eigenvalue weighted by Gasteiger charge is 2.22. The van der Waals surface area contributed by atoms with Crippen molar-refractivity contribution in [2.75, 3.05) is 10.7 Å². The number of thiazole rings is 1. The number of anilines is 2. The van der Waals surface area contributed by atoms with Crippen LogP contribution in [0.3, 0.4) is 0 Å². The number of para-hydroxylation sites is 1. The molecule has 30 heavy (non-hydrogen) atoms. The molecule has 7 heteroatoms. The molecule has 4 rings (SSSR count). The smallest absolute Gasteiger partial charge is 0.243 e. The lowest BCUT2D eigenvalue weighted by Crippen LogP contribution is -2.27. The summed E-state index contributed by atoms with van der Waals surface area (Å²) in [7, 11) is 0. The maximum absolute atomic E-state index is 13.3. The molecule has 0 saturated carbocycles. The molecule has 0 atom stereocenters. The minimum absolute atomic E-state index is 0.00932. The third kappa shape index (κ3) is 4.27. The van der Waals surface area contributed by atoms with Crippen LogP contribution in [0.1, 0.15) is 29.5 Å². The van der Waals surface area contributed by atoms with Crippen LogP contribution in [0.2, 0.25) is 0 Å². The molecule has 2 aromatic heterocycles. The Bertz CT molecular complexity index is 1110. The third-order valence-corrected chi connectivity index (χ3v) is 6.94. The Morgan fingerprint density at radius 2 is 1.90 bits per heavy atom. The minimum atomic E-state index is 0.00932. The Balaban J connectivity index is 1.59. The van der Waals surface area contributed by atoms with Crippen LogP contribution in [0.5, 0.6) is 0 Å². The highest BCUT2D eigenvalue weighted by Crippen LogP contribution is 2.34. The summed E-state index contributed by atoms with van der Waals surface area (Å²) in [6.07, 6.45) is 0.961. The summed E-state index contributed by atoms with van der Waals surface area (Å²) < 4.78 is 6.30. The van der Waals surface area contributed by atoms with E-state index in [-0.39, 0.29) is 5.91 Å². The molecule has 4 aromatic rings. The van der Waals surface area contributed by atoms with Crippen molar-refractivity contribution in [3.05, 3.63) is 71.1 Å². The number of carbonyl (C=O) groups excluding carboxylic acids is 1. The molecule has 0 radical (unpaired) electrons. The Morgan fingerprint density at radius 1 is 1.13 bits per heavy atom. The predicted octanol–water partition coefficient (Wildman–Crippen LogP) is 6.06. The van der Waals surface area contributed by atoms with E-state index in [0.29, 0.717) is 16.6 Å². The first-order chi connectivity index (χ1) is 14.6. The van der Waals surface area contributed by atoms with Gasteiger partial charge in [0.1, 0.15) is 5.76 Å². The lowest BCUT2D eigenvalue weighted by atomic mass is 10.1. The molecule has 0 aliphatic rings. The van der Waals surface area contributed by atoms with Crippen LogP contribution < -0.4 is 4.90 Å². The van der Waals surface area contributed by atoms with Gasteiger partial charge in [0.15, 0.2) is 5.13 Å². The van der Waals surface area contributed by atoms with Crippen molar-refractivity contribution in [2.24, 2.45) is 0 Å². The summed E-state index contributed by atoms with van der Waals surface area (Å²) in [5, 5.41) is 4.69. The fraction of sp³-hybridized carbons (Fsp3) is 0.261. The number of amides is 1. The Morgan fingerprint density at radius 3 is 2.57 bits per heavy atom. The van der Waals surface area contributed by atoms with Gasteiger partial charge in [0.2, 0.25) is 5.91 Å². The highest BCUT2D eigenvalue weighted by atomic mass is 32.2. The summed E-state index contributed by atoms with van der Waals surface area (Å²) in [5.41, 5.74) is 4.93. The topological polar surface area (TPSA) is 59.2 Å². The fourth-order valence-corrected chi connectivity index (χ4v) is 5.24. The molecular formula is C23H23N3O2S2. The van der Waals surface area contributed by atoms with E-state index in [1.807, 2.05) is 50.2 Å². The van der Waals surface area contributed by atoms with Crippen molar-refractivity contribution in [3.8, 4) is 0 Å². The van der Waals surface area contributed by atoms with Gasteiger partial charge in [-0.1, -0.05) is 47.7 Å².